The number of oxazole rings is 1. The maximum absolute atomic E-state index is 13.9. The number of nitrogens with zero attached hydrogens (tertiary/aromatic N) is 1. The Morgan fingerprint density at radius 3 is 2.46 bits per heavy atom. The van der Waals surface area contributed by atoms with Crippen molar-refractivity contribution in [2.75, 3.05) is 0 Å². The molecule has 2 N–H and O–H groups in total. The normalized spacial score (nSPS) is 10.8. The molecule has 0 spiro atoms. The Bertz CT molecular complexity index is 1100. The quantitative estimate of drug-likeness (QED) is 0.424. The van der Waals surface area contributed by atoms with Crippen LogP contribution < -0.4 is 5.48 Å². The second kappa shape index (κ2) is 6.42. The largest absolute Gasteiger partial charge is 0.436 e. The SMILES string of the molecule is O=C(NO)c1ccc2oc(-c3ccc(-c4ccccc4F)cc3)nc2c1. The zero-order valence-electron chi connectivity index (χ0n) is 13.4. The van der Waals surface area contributed by atoms with Crippen LogP contribution in [0.5, 0.6) is 0 Å². The summed E-state index contributed by atoms with van der Waals surface area (Å²) in [7, 11) is 0. The van der Waals surface area contributed by atoms with E-state index < -0.39 is 5.91 Å². The summed E-state index contributed by atoms with van der Waals surface area (Å²) in [5.74, 6) is -0.510. The number of carbonyl (C=O) groups excluding carboxylic acids is 1. The molecule has 4 rings (SSSR count). The molecular formula is C20H13FN2O3. The lowest BCUT2D eigenvalue weighted by Crippen LogP contribution is -2.18. The fourth-order valence-electron chi connectivity index (χ4n) is 2.74. The summed E-state index contributed by atoms with van der Waals surface area (Å²) in [5, 5.41) is 8.71. The lowest BCUT2D eigenvalue weighted by molar-refractivity contribution is 0.0706. The molecule has 3 aromatic carbocycles. The number of amides is 1. The molecule has 1 aromatic heterocycles. The van der Waals surface area contributed by atoms with Gasteiger partial charge in [-0.2, -0.15) is 0 Å². The van der Waals surface area contributed by atoms with Crippen LogP contribution in [0, 0.1) is 5.82 Å². The maximum atomic E-state index is 13.9. The number of benzene rings is 3. The lowest BCUT2D eigenvalue weighted by Gasteiger charge is -2.03. The number of hydroxylamine groups is 1. The first-order valence-electron chi connectivity index (χ1n) is 7.86. The van der Waals surface area contributed by atoms with E-state index in [-0.39, 0.29) is 11.4 Å². The molecule has 0 aliphatic rings. The molecule has 0 fully saturated rings. The summed E-state index contributed by atoms with van der Waals surface area (Å²) < 4.78 is 19.6. The molecule has 0 atom stereocenters. The molecule has 0 aliphatic carbocycles. The van der Waals surface area contributed by atoms with Gasteiger partial charge in [-0.3, -0.25) is 10.0 Å². The van der Waals surface area contributed by atoms with Crippen molar-refractivity contribution >= 4 is 17.0 Å². The van der Waals surface area contributed by atoms with Crippen LogP contribution in [-0.4, -0.2) is 16.1 Å². The van der Waals surface area contributed by atoms with Crippen molar-refractivity contribution in [3.63, 3.8) is 0 Å². The third kappa shape index (κ3) is 2.82. The second-order valence-corrected chi connectivity index (χ2v) is 5.70. The first kappa shape index (κ1) is 16.0. The molecule has 0 saturated heterocycles. The van der Waals surface area contributed by atoms with Crippen LogP contribution in [0.1, 0.15) is 10.4 Å². The van der Waals surface area contributed by atoms with E-state index in [2.05, 4.69) is 4.98 Å². The summed E-state index contributed by atoms with van der Waals surface area (Å²) in [5.41, 5.74) is 4.89. The highest BCUT2D eigenvalue weighted by Gasteiger charge is 2.12. The maximum Gasteiger partial charge on any atom is 0.274 e. The molecular weight excluding hydrogens is 335 g/mol. The number of nitrogens with one attached hydrogen (secondary N) is 1. The average molecular weight is 348 g/mol. The van der Waals surface area contributed by atoms with Gasteiger partial charge in [0.05, 0.1) is 0 Å². The van der Waals surface area contributed by atoms with Crippen molar-refractivity contribution in [1.82, 2.24) is 10.5 Å². The summed E-state index contributed by atoms with van der Waals surface area (Å²) in [6.07, 6.45) is 0. The molecule has 0 bridgehead atoms. The molecule has 128 valence electrons. The third-order valence-corrected chi connectivity index (χ3v) is 4.07. The molecule has 0 radical (unpaired) electrons. The Morgan fingerprint density at radius 1 is 1.00 bits per heavy atom. The first-order chi connectivity index (χ1) is 12.7. The van der Waals surface area contributed by atoms with Gasteiger partial charge in [0.15, 0.2) is 5.58 Å². The minimum Gasteiger partial charge on any atom is -0.436 e. The predicted molar refractivity (Wildman–Crippen MR) is 94.1 cm³/mol. The van der Waals surface area contributed by atoms with Gasteiger partial charge in [0, 0.05) is 16.7 Å². The average Bonchev–Trinajstić information content (AvgIpc) is 3.11. The Labute approximate surface area is 147 Å². The fourth-order valence-corrected chi connectivity index (χ4v) is 2.74. The van der Waals surface area contributed by atoms with Gasteiger partial charge in [0.2, 0.25) is 5.89 Å². The Hall–Kier alpha value is -3.51. The first-order valence-corrected chi connectivity index (χ1v) is 7.86. The molecule has 4 aromatic rings. The monoisotopic (exact) mass is 348 g/mol. The summed E-state index contributed by atoms with van der Waals surface area (Å²) in [6.45, 7) is 0. The van der Waals surface area contributed by atoms with Crippen molar-refractivity contribution in [3.05, 3.63) is 78.1 Å². The van der Waals surface area contributed by atoms with Gasteiger partial charge >= 0.3 is 0 Å². The standard InChI is InChI=1S/C20H13FN2O3/c21-16-4-2-1-3-15(16)12-5-7-13(8-6-12)20-22-17-11-14(19(24)23-25)9-10-18(17)26-20/h1-11,25H,(H,23,24). The molecule has 5 nitrogen and oxygen atoms in total. The van der Waals surface area contributed by atoms with Gasteiger partial charge in [-0.15, -0.1) is 0 Å². The predicted octanol–water partition coefficient (Wildman–Crippen LogP) is 4.42. The van der Waals surface area contributed by atoms with Crippen LogP contribution in [-0.2, 0) is 0 Å². The highest BCUT2D eigenvalue weighted by atomic mass is 19.1. The molecule has 1 heterocycles. The van der Waals surface area contributed by atoms with Gasteiger partial charge in [-0.25, -0.2) is 14.9 Å². The summed E-state index contributed by atoms with van der Waals surface area (Å²) in [4.78, 5) is 15.9. The third-order valence-electron chi connectivity index (χ3n) is 4.07. The zero-order chi connectivity index (χ0) is 18.1. The van der Waals surface area contributed by atoms with Crippen molar-refractivity contribution in [2.24, 2.45) is 0 Å². The number of hydrogen-bond donors (Lipinski definition) is 2. The van der Waals surface area contributed by atoms with E-state index in [9.17, 15) is 9.18 Å². The zero-order valence-corrected chi connectivity index (χ0v) is 13.4. The van der Waals surface area contributed by atoms with Crippen LogP contribution in [0.3, 0.4) is 0 Å². The molecule has 26 heavy (non-hydrogen) atoms. The van der Waals surface area contributed by atoms with Crippen molar-refractivity contribution < 1.29 is 18.8 Å². The number of carbonyl (C=O) groups is 1. The number of fused-ring (bicyclic) bond motifs is 1. The number of rotatable bonds is 3. The van der Waals surface area contributed by atoms with E-state index in [1.165, 1.54) is 18.2 Å². The lowest BCUT2D eigenvalue weighted by atomic mass is 10.0. The Balaban J connectivity index is 1.69. The Kier molecular flexibility index (Phi) is 3.95. The van der Waals surface area contributed by atoms with Crippen LogP contribution in [0.15, 0.2) is 71.1 Å². The topological polar surface area (TPSA) is 75.4 Å². The van der Waals surface area contributed by atoms with Crippen LogP contribution in [0.4, 0.5) is 4.39 Å². The van der Waals surface area contributed by atoms with Gasteiger partial charge < -0.3 is 4.42 Å². The Morgan fingerprint density at radius 2 is 1.73 bits per heavy atom. The molecule has 0 aliphatic heterocycles. The van der Waals surface area contributed by atoms with Gasteiger partial charge in [-0.1, -0.05) is 30.3 Å². The highest BCUT2D eigenvalue weighted by molar-refractivity contribution is 5.96. The van der Waals surface area contributed by atoms with Crippen LogP contribution in [0.2, 0.25) is 0 Å². The van der Waals surface area contributed by atoms with E-state index in [4.69, 9.17) is 9.62 Å². The summed E-state index contributed by atoms with van der Waals surface area (Å²) >= 11 is 0. The summed E-state index contributed by atoms with van der Waals surface area (Å²) in [6, 6.07) is 18.4. The van der Waals surface area contributed by atoms with Crippen LogP contribution in [0.25, 0.3) is 33.7 Å². The number of halogens is 1. The second-order valence-electron chi connectivity index (χ2n) is 5.70. The van der Waals surface area contributed by atoms with Gasteiger partial charge in [0.1, 0.15) is 11.3 Å². The number of hydrogen-bond acceptors (Lipinski definition) is 4. The van der Waals surface area contributed by atoms with E-state index >= 15 is 0 Å². The molecule has 0 unspecified atom stereocenters. The molecule has 6 heteroatoms. The molecule has 0 saturated carbocycles. The van der Waals surface area contributed by atoms with Gasteiger partial charge in [0.25, 0.3) is 5.91 Å². The van der Waals surface area contributed by atoms with Crippen molar-refractivity contribution in [3.8, 4) is 22.6 Å². The van der Waals surface area contributed by atoms with Crippen LogP contribution >= 0.6 is 0 Å². The number of aromatic nitrogens is 1. The van der Waals surface area contributed by atoms with Crippen molar-refractivity contribution in [1.29, 1.82) is 0 Å². The highest BCUT2D eigenvalue weighted by Crippen LogP contribution is 2.28. The van der Waals surface area contributed by atoms with E-state index in [1.54, 1.807) is 54.0 Å². The van der Waals surface area contributed by atoms with Gasteiger partial charge in [-0.05, 0) is 42.0 Å². The minimum absolute atomic E-state index is 0.273. The fraction of sp³-hybridized carbons (Fsp3) is 0. The van der Waals surface area contributed by atoms with Crippen molar-refractivity contribution in [2.45, 2.75) is 0 Å². The van der Waals surface area contributed by atoms with E-state index in [0.717, 1.165) is 11.1 Å². The molecule has 1 amide bonds. The van der Waals surface area contributed by atoms with E-state index in [1.807, 2.05) is 0 Å². The van der Waals surface area contributed by atoms with E-state index in [0.29, 0.717) is 22.6 Å². The minimum atomic E-state index is -0.620. The smallest absolute Gasteiger partial charge is 0.274 e.